The van der Waals surface area contributed by atoms with Gasteiger partial charge in [0.05, 0.1) is 0 Å². The molecule has 0 aromatic carbocycles. The van der Waals surface area contributed by atoms with Gasteiger partial charge >= 0.3 is 0 Å². The highest BCUT2D eigenvalue weighted by Crippen LogP contribution is 2.22. The van der Waals surface area contributed by atoms with E-state index in [1.54, 1.807) is 12.8 Å². The van der Waals surface area contributed by atoms with Crippen LogP contribution in [0.4, 0.5) is 0 Å². The fraction of sp³-hybridized carbons (Fsp3) is 1.00. The molecular formula is C10H21Al. The number of rotatable bonds is 0. The molecule has 11 heavy (non-hydrogen) atoms. The van der Waals surface area contributed by atoms with Crippen molar-refractivity contribution in [1.82, 2.24) is 0 Å². The Morgan fingerprint density at radius 3 is 1.45 bits per heavy atom. The van der Waals surface area contributed by atoms with E-state index in [1.165, 1.54) is 61.2 Å². The van der Waals surface area contributed by atoms with Crippen LogP contribution in [0, 0.1) is 0 Å². The van der Waals surface area contributed by atoms with Gasteiger partial charge in [0.2, 0.25) is 16.3 Å². The maximum Gasteiger partial charge on any atom is 0.216 e. The van der Waals surface area contributed by atoms with Crippen molar-refractivity contribution >= 4 is 16.3 Å². The lowest BCUT2D eigenvalue weighted by Gasteiger charge is -2.13. The van der Waals surface area contributed by atoms with Crippen LogP contribution in [-0.4, -0.2) is 16.3 Å². The Morgan fingerprint density at radius 1 is 0.636 bits per heavy atom. The van der Waals surface area contributed by atoms with Gasteiger partial charge in [-0.3, -0.25) is 0 Å². The minimum Gasteiger partial charge on any atom is -0.0901 e. The zero-order valence-electron chi connectivity index (χ0n) is 7.94. The largest absolute Gasteiger partial charge is 0.216 e. The van der Waals surface area contributed by atoms with Crippen LogP contribution in [0.5, 0.6) is 0 Å². The molecular weight excluding hydrogens is 147 g/mol. The van der Waals surface area contributed by atoms with Crippen LogP contribution >= 0.6 is 0 Å². The lowest BCUT2D eigenvalue weighted by molar-refractivity contribution is 0.504. The zero-order chi connectivity index (χ0) is 7.94. The van der Waals surface area contributed by atoms with Gasteiger partial charge in [-0.25, -0.2) is 0 Å². The van der Waals surface area contributed by atoms with Crippen molar-refractivity contribution in [3.05, 3.63) is 0 Å². The molecule has 0 aromatic rings. The van der Waals surface area contributed by atoms with Gasteiger partial charge in [-0.1, -0.05) is 62.6 Å². The molecule has 1 aliphatic rings. The van der Waals surface area contributed by atoms with Gasteiger partial charge in [0.1, 0.15) is 0 Å². The fourth-order valence-electron chi connectivity index (χ4n) is 2.01. The third-order valence-corrected chi connectivity index (χ3v) is 4.05. The SMILES string of the molecule is [AlH2][CH]1CCCCCCCCC1. The predicted octanol–water partition coefficient (Wildman–Crippen LogP) is 2.93. The van der Waals surface area contributed by atoms with Gasteiger partial charge in [-0.05, 0) is 0 Å². The smallest absolute Gasteiger partial charge is 0.0901 e. The van der Waals surface area contributed by atoms with E-state index in [1.807, 2.05) is 0 Å². The highest BCUT2D eigenvalue weighted by atomic mass is 27.0. The van der Waals surface area contributed by atoms with Crippen molar-refractivity contribution in [3.8, 4) is 0 Å². The summed E-state index contributed by atoms with van der Waals surface area (Å²) in [5.41, 5.74) is 0. The van der Waals surface area contributed by atoms with Crippen LogP contribution in [0.2, 0.25) is 4.78 Å². The van der Waals surface area contributed by atoms with E-state index in [2.05, 4.69) is 0 Å². The fourth-order valence-corrected chi connectivity index (χ4v) is 2.83. The first-order chi connectivity index (χ1) is 5.39. The Kier molecular flexibility index (Phi) is 5.33. The quantitative estimate of drug-likeness (QED) is 0.488. The van der Waals surface area contributed by atoms with E-state index in [4.69, 9.17) is 0 Å². The van der Waals surface area contributed by atoms with Gasteiger partial charge in [0.25, 0.3) is 0 Å². The van der Waals surface area contributed by atoms with Crippen LogP contribution in [0.25, 0.3) is 0 Å². The summed E-state index contributed by atoms with van der Waals surface area (Å²) in [6.45, 7) is 0. The van der Waals surface area contributed by atoms with Crippen molar-refractivity contribution in [1.29, 1.82) is 0 Å². The first-order valence-electron chi connectivity index (χ1n) is 5.39. The predicted molar refractivity (Wildman–Crippen MR) is 53.8 cm³/mol. The Hall–Kier alpha value is 0.532. The molecule has 0 N–H and O–H groups in total. The molecule has 0 atom stereocenters. The molecule has 0 nitrogen and oxygen atoms in total. The summed E-state index contributed by atoms with van der Waals surface area (Å²) in [5, 5.41) is 0. The molecule has 0 unspecified atom stereocenters. The lowest BCUT2D eigenvalue weighted by Crippen LogP contribution is -1.95. The van der Waals surface area contributed by atoms with Crippen molar-refractivity contribution in [2.24, 2.45) is 0 Å². The topological polar surface area (TPSA) is 0 Å². The number of hydrogen-bond acceptors (Lipinski definition) is 0. The van der Waals surface area contributed by atoms with Gasteiger partial charge in [-0.15, -0.1) is 0 Å². The molecule has 1 saturated carbocycles. The standard InChI is InChI=1S/C10H19.Al.2H/c1-2-4-6-8-10-9-7-5-3-1;;;/h1H,2-10H2;;;. The summed E-state index contributed by atoms with van der Waals surface area (Å²) in [4.78, 5) is 0. The van der Waals surface area contributed by atoms with Crippen molar-refractivity contribution in [2.45, 2.75) is 62.6 Å². The molecule has 64 valence electrons. The highest BCUT2D eigenvalue weighted by Gasteiger charge is 2.03. The lowest BCUT2D eigenvalue weighted by atomic mass is 10.0. The Bertz CT molecular complexity index is 80.9. The highest BCUT2D eigenvalue weighted by molar-refractivity contribution is 6.11. The van der Waals surface area contributed by atoms with E-state index in [0.29, 0.717) is 0 Å². The van der Waals surface area contributed by atoms with Crippen LogP contribution in [0.3, 0.4) is 0 Å². The van der Waals surface area contributed by atoms with Gasteiger partial charge in [0.15, 0.2) is 0 Å². The van der Waals surface area contributed by atoms with Gasteiger partial charge in [-0.2, -0.15) is 0 Å². The molecule has 0 saturated heterocycles. The average Bonchev–Trinajstić information content (AvgIpc) is 2.03. The van der Waals surface area contributed by atoms with Crippen molar-refractivity contribution < 1.29 is 0 Å². The summed E-state index contributed by atoms with van der Waals surface area (Å²) >= 11 is 1.44. The summed E-state index contributed by atoms with van der Waals surface area (Å²) in [6.07, 6.45) is 13.7. The average molecular weight is 168 g/mol. The minimum atomic E-state index is 1.15. The molecule has 1 fully saturated rings. The van der Waals surface area contributed by atoms with E-state index < -0.39 is 0 Å². The van der Waals surface area contributed by atoms with E-state index in [9.17, 15) is 0 Å². The first-order valence-corrected chi connectivity index (χ1v) is 6.55. The molecule has 0 spiro atoms. The maximum atomic E-state index is 1.55. The Labute approximate surface area is 79.2 Å². The molecule has 1 aliphatic carbocycles. The van der Waals surface area contributed by atoms with E-state index >= 15 is 0 Å². The van der Waals surface area contributed by atoms with E-state index in [0.717, 1.165) is 4.78 Å². The maximum absolute atomic E-state index is 1.55. The summed E-state index contributed by atoms with van der Waals surface area (Å²) in [7, 11) is 0. The first kappa shape index (κ1) is 9.62. The molecule has 1 heteroatoms. The number of hydrogen-bond donors (Lipinski definition) is 0. The normalized spacial score (nSPS) is 24.7. The third-order valence-electron chi connectivity index (χ3n) is 2.89. The van der Waals surface area contributed by atoms with Crippen molar-refractivity contribution in [2.75, 3.05) is 0 Å². The van der Waals surface area contributed by atoms with Gasteiger partial charge < -0.3 is 0 Å². The zero-order valence-corrected chi connectivity index (χ0v) is 9.94. The van der Waals surface area contributed by atoms with Crippen LogP contribution < -0.4 is 0 Å². The second-order valence-electron chi connectivity index (χ2n) is 4.16. The van der Waals surface area contributed by atoms with Crippen LogP contribution in [0.15, 0.2) is 0 Å². The molecule has 0 heterocycles. The molecule has 1 rings (SSSR count). The van der Waals surface area contributed by atoms with Gasteiger partial charge in [0, 0.05) is 0 Å². The van der Waals surface area contributed by atoms with Crippen LogP contribution in [0.1, 0.15) is 57.8 Å². The minimum absolute atomic E-state index is 1.15. The molecule has 0 aliphatic heterocycles. The van der Waals surface area contributed by atoms with Crippen LogP contribution in [-0.2, 0) is 0 Å². The summed E-state index contributed by atoms with van der Waals surface area (Å²) < 4.78 is 1.15. The second-order valence-corrected chi connectivity index (χ2v) is 5.79. The monoisotopic (exact) mass is 168 g/mol. The Morgan fingerprint density at radius 2 is 1.00 bits per heavy atom. The third kappa shape index (κ3) is 4.88. The molecule has 0 amide bonds. The summed E-state index contributed by atoms with van der Waals surface area (Å²) in [5.74, 6) is 0. The van der Waals surface area contributed by atoms with E-state index in [-0.39, 0.29) is 0 Å². The summed E-state index contributed by atoms with van der Waals surface area (Å²) in [6, 6.07) is 0. The molecule has 0 bridgehead atoms. The molecule has 0 aromatic heterocycles. The van der Waals surface area contributed by atoms with Crippen molar-refractivity contribution in [3.63, 3.8) is 0 Å². The molecule has 0 radical (unpaired) electrons. The second kappa shape index (κ2) is 6.09. The Balaban J connectivity index is 2.12.